The summed E-state index contributed by atoms with van der Waals surface area (Å²) in [6.45, 7) is 5.06. The van der Waals surface area contributed by atoms with Crippen LogP contribution in [0.2, 0.25) is 0 Å². The van der Waals surface area contributed by atoms with E-state index in [4.69, 9.17) is 9.47 Å². The number of carbonyl (C=O) groups is 1. The molecule has 1 fully saturated rings. The summed E-state index contributed by atoms with van der Waals surface area (Å²) >= 11 is 0. The van der Waals surface area contributed by atoms with Crippen molar-refractivity contribution < 1.29 is 14.3 Å². The van der Waals surface area contributed by atoms with Crippen molar-refractivity contribution in [1.29, 1.82) is 0 Å². The van der Waals surface area contributed by atoms with Gasteiger partial charge in [-0.2, -0.15) is 0 Å². The van der Waals surface area contributed by atoms with Crippen molar-refractivity contribution in [2.24, 2.45) is 0 Å². The van der Waals surface area contributed by atoms with Crippen LogP contribution in [0.5, 0.6) is 0 Å². The quantitative estimate of drug-likeness (QED) is 0.460. The molecule has 1 heterocycles. The van der Waals surface area contributed by atoms with Gasteiger partial charge < -0.3 is 14.4 Å². The number of ether oxygens (including phenoxy) is 2. The molecule has 0 aromatic heterocycles. The summed E-state index contributed by atoms with van der Waals surface area (Å²) in [5.74, 6) is 0. The molecule has 1 aliphatic heterocycles. The van der Waals surface area contributed by atoms with Crippen LogP contribution in [0.15, 0.2) is 12.7 Å². The van der Waals surface area contributed by atoms with Crippen molar-refractivity contribution in [2.75, 3.05) is 26.8 Å². The number of likely N-dealkylation sites (N-methyl/N-ethyl adjacent to an activating group) is 1. The Hall–Kier alpha value is -1.03. The van der Waals surface area contributed by atoms with Gasteiger partial charge in [0.15, 0.2) is 0 Å². The van der Waals surface area contributed by atoms with Gasteiger partial charge in [0.05, 0.1) is 19.8 Å². The van der Waals surface area contributed by atoms with E-state index in [-0.39, 0.29) is 12.2 Å². The first-order chi connectivity index (χ1) is 5.74. The molecule has 0 bridgehead atoms. The van der Waals surface area contributed by atoms with Gasteiger partial charge in [-0.05, 0) is 0 Å². The molecule has 1 atom stereocenters. The van der Waals surface area contributed by atoms with Crippen LogP contribution in [-0.2, 0) is 9.47 Å². The second-order valence-electron chi connectivity index (χ2n) is 2.71. The molecule has 4 nitrogen and oxygen atoms in total. The summed E-state index contributed by atoms with van der Waals surface area (Å²) in [4.78, 5) is 12.4. The highest BCUT2D eigenvalue weighted by molar-refractivity contribution is 5.69. The van der Waals surface area contributed by atoms with Crippen LogP contribution in [0.3, 0.4) is 0 Å². The number of cyclic esters (lactones) is 1. The first kappa shape index (κ1) is 9.06. The minimum absolute atomic E-state index is 0.123. The Kier molecular flexibility index (Phi) is 3.10. The Morgan fingerprint density at radius 2 is 2.67 bits per heavy atom. The summed E-state index contributed by atoms with van der Waals surface area (Å²) < 4.78 is 10.1. The normalized spacial score (nSPS) is 22.6. The summed E-state index contributed by atoms with van der Waals surface area (Å²) in [6, 6.07) is 0. The van der Waals surface area contributed by atoms with Crippen LogP contribution in [0.25, 0.3) is 0 Å². The summed E-state index contributed by atoms with van der Waals surface area (Å²) in [7, 11) is 1.70. The Bertz CT molecular complexity index is 181. The molecule has 0 radical (unpaired) electrons. The third-order valence-electron chi connectivity index (χ3n) is 1.60. The highest BCUT2D eigenvalue weighted by Crippen LogP contribution is 2.08. The number of carbonyl (C=O) groups excluding carboxylic acids is 1. The number of rotatable bonds is 4. The van der Waals surface area contributed by atoms with Gasteiger partial charge in [0.2, 0.25) is 0 Å². The molecule has 0 aromatic carbocycles. The number of nitrogens with zero attached hydrogens (tertiary/aromatic N) is 1. The van der Waals surface area contributed by atoms with E-state index in [0.717, 1.165) is 0 Å². The highest BCUT2D eigenvalue weighted by Gasteiger charge is 2.27. The van der Waals surface area contributed by atoms with E-state index >= 15 is 0 Å². The molecule has 12 heavy (non-hydrogen) atoms. The van der Waals surface area contributed by atoms with E-state index in [9.17, 15) is 4.79 Å². The second kappa shape index (κ2) is 4.11. The van der Waals surface area contributed by atoms with Crippen LogP contribution in [0, 0.1) is 0 Å². The third-order valence-corrected chi connectivity index (χ3v) is 1.60. The van der Waals surface area contributed by atoms with E-state index in [2.05, 4.69) is 6.58 Å². The van der Waals surface area contributed by atoms with Crippen LogP contribution >= 0.6 is 0 Å². The lowest BCUT2D eigenvalue weighted by molar-refractivity contribution is 0.0579. The standard InChI is InChI=1S/C8H13NO3/c1-3-4-11-6-7-5-9(2)8(10)12-7/h3,7H,1,4-6H2,2H3. The molecule has 68 valence electrons. The molecule has 1 aliphatic rings. The number of hydrogen-bond acceptors (Lipinski definition) is 3. The van der Waals surface area contributed by atoms with Gasteiger partial charge in [-0.25, -0.2) is 4.79 Å². The highest BCUT2D eigenvalue weighted by atomic mass is 16.6. The molecule has 0 aliphatic carbocycles. The SMILES string of the molecule is C=CCOCC1CN(C)C(=O)O1. The Labute approximate surface area is 71.7 Å². The van der Waals surface area contributed by atoms with E-state index in [1.54, 1.807) is 13.1 Å². The van der Waals surface area contributed by atoms with Crippen molar-refractivity contribution in [1.82, 2.24) is 4.90 Å². The Balaban J connectivity index is 2.18. The summed E-state index contributed by atoms with van der Waals surface area (Å²) in [5, 5.41) is 0. The van der Waals surface area contributed by atoms with Gasteiger partial charge in [-0.3, -0.25) is 0 Å². The zero-order valence-corrected chi connectivity index (χ0v) is 7.16. The summed E-state index contributed by atoms with van der Waals surface area (Å²) in [6.07, 6.45) is 1.27. The average molecular weight is 171 g/mol. The first-order valence-corrected chi connectivity index (χ1v) is 3.84. The van der Waals surface area contributed by atoms with Crippen molar-refractivity contribution in [3.05, 3.63) is 12.7 Å². The minimum Gasteiger partial charge on any atom is -0.442 e. The Morgan fingerprint density at radius 3 is 3.17 bits per heavy atom. The molecule has 4 heteroatoms. The van der Waals surface area contributed by atoms with Gasteiger partial charge in [0, 0.05) is 7.05 Å². The molecule has 1 rings (SSSR count). The first-order valence-electron chi connectivity index (χ1n) is 3.84. The maximum absolute atomic E-state index is 10.8. The Morgan fingerprint density at radius 1 is 1.92 bits per heavy atom. The van der Waals surface area contributed by atoms with Gasteiger partial charge in [0.1, 0.15) is 6.10 Å². The molecule has 1 saturated heterocycles. The lowest BCUT2D eigenvalue weighted by Crippen LogP contribution is -2.22. The van der Waals surface area contributed by atoms with Crippen molar-refractivity contribution in [2.45, 2.75) is 6.10 Å². The average Bonchev–Trinajstić information content (AvgIpc) is 2.32. The van der Waals surface area contributed by atoms with Gasteiger partial charge in [-0.15, -0.1) is 6.58 Å². The lowest BCUT2D eigenvalue weighted by atomic mass is 10.4. The second-order valence-corrected chi connectivity index (χ2v) is 2.71. The van der Waals surface area contributed by atoms with Crippen LogP contribution in [0.4, 0.5) is 4.79 Å². The van der Waals surface area contributed by atoms with Gasteiger partial charge in [-0.1, -0.05) is 6.08 Å². The number of hydrogen-bond donors (Lipinski definition) is 0. The molecule has 1 unspecified atom stereocenters. The van der Waals surface area contributed by atoms with Crippen LogP contribution in [0.1, 0.15) is 0 Å². The van der Waals surface area contributed by atoms with E-state index in [1.807, 2.05) is 0 Å². The monoisotopic (exact) mass is 171 g/mol. The topological polar surface area (TPSA) is 38.8 Å². The van der Waals surface area contributed by atoms with Crippen LogP contribution in [-0.4, -0.2) is 43.9 Å². The molecule has 0 N–H and O–H groups in total. The maximum Gasteiger partial charge on any atom is 0.410 e. The summed E-state index contributed by atoms with van der Waals surface area (Å²) in [5.41, 5.74) is 0. The predicted octanol–water partition coefficient (Wildman–Crippen LogP) is 0.640. The van der Waals surface area contributed by atoms with Gasteiger partial charge in [0.25, 0.3) is 0 Å². The molecule has 0 saturated carbocycles. The van der Waals surface area contributed by atoms with Crippen molar-refractivity contribution in [3.63, 3.8) is 0 Å². The fourth-order valence-electron chi connectivity index (χ4n) is 1.02. The largest absolute Gasteiger partial charge is 0.442 e. The lowest BCUT2D eigenvalue weighted by Gasteiger charge is -2.06. The van der Waals surface area contributed by atoms with E-state index < -0.39 is 0 Å². The van der Waals surface area contributed by atoms with Crippen molar-refractivity contribution >= 4 is 6.09 Å². The van der Waals surface area contributed by atoms with E-state index in [1.165, 1.54) is 4.90 Å². The zero-order chi connectivity index (χ0) is 8.97. The molecule has 0 spiro atoms. The fourth-order valence-corrected chi connectivity index (χ4v) is 1.02. The molecule has 0 aromatic rings. The minimum atomic E-state index is -0.276. The predicted molar refractivity (Wildman–Crippen MR) is 43.9 cm³/mol. The fraction of sp³-hybridized carbons (Fsp3) is 0.625. The molecular weight excluding hydrogens is 158 g/mol. The van der Waals surface area contributed by atoms with Crippen LogP contribution < -0.4 is 0 Å². The van der Waals surface area contributed by atoms with E-state index in [0.29, 0.717) is 19.8 Å². The molecule has 1 amide bonds. The van der Waals surface area contributed by atoms with Gasteiger partial charge >= 0.3 is 6.09 Å². The third kappa shape index (κ3) is 2.23. The molecular formula is C8H13NO3. The maximum atomic E-state index is 10.8. The number of amides is 1. The van der Waals surface area contributed by atoms with Crippen molar-refractivity contribution in [3.8, 4) is 0 Å². The smallest absolute Gasteiger partial charge is 0.410 e. The zero-order valence-electron chi connectivity index (χ0n) is 7.16.